The number of piperidine rings is 1. The van der Waals surface area contributed by atoms with E-state index in [4.69, 9.17) is 11.2 Å². The van der Waals surface area contributed by atoms with Gasteiger partial charge in [0.25, 0.3) is 0 Å². The molecule has 2 aromatic carbocycles. The molecule has 0 bridgehead atoms. The summed E-state index contributed by atoms with van der Waals surface area (Å²) in [4.78, 5) is 14.6. The molecule has 26 heavy (non-hydrogen) atoms. The van der Waals surface area contributed by atoms with Crippen LogP contribution in [0.4, 0.5) is 4.79 Å². The van der Waals surface area contributed by atoms with Crippen molar-refractivity contribution in [1.82, 2.24) is 4.90 Å². The average Bonchev–Trinajstić information content (AvgIpc) is 2.68. The van der Waals surface area contributed by atoms with E-state index in [-0.39, 0.29) is 12.1 Å². The van der Waals surface area contributed by atoms with Crippen LogP contribution >= 0.6 is 0 Å². The van der Waals surface area contributed by atoms with Gasteiger partial charge < -0.3 is 9.64 Å². The molecule has 2 aromatic rings. The Bertz CT molecular complexity index is 761. The molecule has 0 aromatic heterocycles. The molecule has 3 rings (SSSR count). The lowest BCUT2D eigenvalue weighted by Crippen LogP contribution is -2.41. The molecule has 1 aliphatic rings. The van der Waals surface area contributed by atoms with Gasteiger partial charge in [-0.25, -0.2) is 4.79 Å². The third-order valence-electron chi connectivity index (χ3n) is 5.02. The molecule has 134 valence electrons. The van der Waals surface area contributed by atoms with Crippen LogP contribution < -0.4 is 0 Å². The molecule has 1 saturated heterocycles. The van der Waals surface area contributed by atoms with Crippen molar-refractivity contribution in [3.63, 3.8) is 0 Å². The lowest BCUT2D eigenvalue weighted by Gasteiger charge is -2.38. The van der Waals surface area contributed by atoms with Crippen LogP contribution in [0.25, 0.3) is 0 Å². The van der Waals surface area contributed by atoms with E-state index < -0.39 is 0 Å². The van der Waals surface area contributed by atoms with Gasteiger partial charge in [-0.05, 0) is 36.8 Å². The molecule has 1 aliphatic heterocycles. The highest BCUT2D eigenvalue weighted by molar-refractivity contribution is 5.68. The number of aryl methyl sites for hydroxylation is 1. The van der Waals surface area contributed by atoms with Crippen LogP contribution in [0, 0.1) is 25.2 Å². The summed E-state index contributed by atoms with van der Waals surface area (Å²) in [7, 11) is 0. The minimum Gasteiger partial charge on any atom is -0.445 e. The molecule has 3 heteroatoms. The summed E-state index contributed by atoms with van der Waals surface area (Å²) in [6.07, 6.45) is 7.83. The highest BCUT2D eigenvalue weighted by Gasteiger charge is 2.33. The number of nitrogens with zero attached hydrogens (tertiary/aromatic N) is 1. The molecule has 0 saturated carbocycles. The normalized spacial score (nSPS) is 19.6. The zero-order valence-electron chi connectivity index (χ0n) is 15.2. The molecule has 1 amide bonds. The molecule has 1 fully saturated rings. The van der Waals surface area contributed by atoms with Gasteiger partial charge in [0.2, 0.25) is 0 Å². The summed E-state index contributed by atoms with van der Waals surface area (Å²) in [6, 6.07) is 18.2. The quantitative estimate of drug-likeness (QED) is 0.720. The highest BCUT2D eigenvalue weighted by Crippen LogP contribution is 2.36. The predicted molar refractivity (Wildman–Crippen MR) is 103 cm³/mol. The molecule has 1 heterocycles. The van der Waals surface area contributed by atoms with Gasteiger partial charge >= 0.3 is 6.09 Å². The minimum atomic E-state index is -0.251. The minimum absolute atomic E-state index is 0.0194. The van der Waals surface area contributed by atoms with Gasteiger partial charge in [-0.1, -0.05) is 60.2 Å². The molecule has 0 N–H and O–H groups in total. The van der Waals surface area contributed by atoms with E-state index in [0.717, 1.165) is 30.4 Å². The lowest BCUT2D eigenvalue weighted by molar-refractivity contribution is 0.0571. The average molecular weight is 347 g/mol. The van der Waals surface area contributed by atoms with E-state index in [2.05, 4.69) is 37.1 Å². The van der Waals surface area contributed by atoms with Crippen molar-refractivity contribution < 1.29 is 9.53 Å². The molecule has 0 aliphatic carbocycles. The lowest BCUT2D eigenvalue weighted by atomic mass is 9.85. The standard InChI is InChI=1S/C23H25NO2/c1-3-7-19-14-15-24(22(16-19)21-12-10-18(2)11-13-21)23(25)26-17-20-8-5-4-6-9-20/h1,4-6,8-13,19,22H,7,14-17H2,2H3/t19?,22-/m0/s1. The molecular weight excluding hydrogens is 322 g/mol. The van der Waals surface area contributed by atoms with E-state index in [1.807, 2.05) is 35.2 Å². The second kappa shape index (κ2) is 8.58. The third-order valence-corrected chi connectivity index (χ3v) is 5.02. The van der Waals surface area contributed by atoms with Crippen LogP contribution in [0.2, 0.25) is 0 Å². The Hall–Kier alpha value is -2.73. The Morgan fingerprint density at radius 3 is 2.62 bits per heavy atom. The van der Waals surface area contributed by atoms with E-state index in [0.29, 0.717) is 19.1 Å². The number of terminal acetylenes is 1. The van der Waals surface area contributed by atoms with Gasteiger partial charge in [-0.15, -0.1) is 12.3 Å². The maximum absolute atomic E-state index is 12.8. The second-order valence-corrected chi connectivity index (χ2v) is 6.96. The van der Waals surface area contributed by atoms with Gasteiger partial charge in [-0.3, -0.25) is 0 Å². The van der Waals surface area contributed by atoms with Crippen LogP contribution in [-0.2, 0) is 11.3 Å². The maximum Gasteiger partial charge on any atom is 0.410 e. The van der Waals surface area contributed by atoms with Crippen molar-refractivity contribution in [3.05, 3.63) is 71.3 Å². The fourth-order valence-corrected chi connectivity index (χ4v) is 3.52. The number of hydrogen-bond donors (Lipinski definition) is 0. The fourth-order valence-electron chi connectivity index (χ4n) is 3.52. The summed E-state index contributed by atoms with van der Waals surface area (Å²) >= 11 is 0. The van der Waals surface area contributed by atoms with Crippen molar-refractivity contribution in [2.75, 3.05) is 6.54 Å². The first-order valence-corrected chi connectivity index (χ1v) is 9.14. The number of amides is 1. The fraction of sp³-hybridized carbons (Fsp3) is 0.348. The number of ether oxygens (including phenoxy) is 1. The Morgan fingerprint density at radius 1 is 1.19 bits per heavy atom. The summed E-state index contributed by atoms with van der Waals surface area (Å²) < 4.78 is 5.58. The first-order chi connectivity index (χ1) is 12.7. The van der Waals surface area contributed by atoms with Gasteiger partial charge in [0, 0.05) is 13.0 Å². The smallest absolute Gasteiger partial charge is 0.410 e. The van der Waals surface area contributed by atoms with E-state index >= 15 is 0 Å². The highest BCUT2D eigenvalue weighted by atomic mass is 16.6. The number of carbonyl (C=O) groups is 1. The van der Waals surface area contributed by atoms with Crippen LogP contribution in [0.5, 0.6) is 0 Å². The Balaban J connectivity index is 1.73. The number of rotatable bonds is 4. The second-order valence-electron chi connectivity index (χ2n) is 6.96. The number of likely N-dealkylation sites (tertiary alicyclic amines) is 1. The van der Waals surface area contributed by atoms with Crippen molar-refractivity contribution >= 4 is 6.09 Å². The SMILES string of the molecule is C#CCC1CCN(C(=O)OCc2ccccc2)[C@H](c2ccc(C)cc2)C1. The van der Waals surface area contributed by atoms with Crippen LogP contribution in [-0.4, -0.2) is 17.5 Å². The van der Waals surface area contributed by atoms with Gasteiger partial charge in [0.05, 0.1) is 6.04 Å². The zero-order valence-corrected chi connectivity index (χ0v) is 15.2. The van der Waals surface area contributed by atoms with Crippen LogP contribution in [0.3, 0.4) is 0 Å². The predicted octanol–water partition coefficient (Wildman–Crippen LogP) is 5.11. The summed E-state index contributed by atoms with van der Waals surface area (Å²) in [5.41, 5.74) is 3.35. The number of carbonyl (C=O) groups excluding carboxylic acids is 1. The van der Waals surface area contributed by atoms with Gasteiger partial charge in [-0.2, -0.15) is 0 Å². The van der Waals surface area contributed by atoms with E-state index in [1.165, 1.54) is 5.56 Å². The molecule has 0 spiro atoms. The molecule has 1 unspecified atom stereocenters. The largest absolute Gasteiger partial charge is 0.445 e. The Kier molecular flexibility index (Phi) is 5.96. The summed E-state index contributed by atoms with van der Waals surface area (Å²) in [6.45, 7) is 3.04. The topological polar surface area (TPSA) is 29.5 Å². The van der Waals surface area contributed by atoms with Crippen molar-refractivity contribution in [1.29, 1.82) is 0 Å². The molecular formula is C23H25NO2. The van der Waals surface area contributed by atoms with E-state index in [9.17, 15) is 4.79 Å². The molecule has 3 nitrogen and oxygen atoms in total. The summed E-state index contributed by atoms with van der Waals surface area (Å²) in [5, 5.41) is 0. The van der Waals surface area contributed by atoms with Gasteiger partial charge in [0.1, 0.15) is 6.61 Å². The van der Waals surface area contributed by atoms with Crippen molar-refractivity contribution in [2.45, 2.75) is 38.8 Å². The zero-order chi connectivity index (χ0) is 18.4. The number of benzene rings is 2. The van der Waals surface area contributed by atoms with Crippen LogP contribution in [0.15, 0.2) is 54.6 Å². The first kappa shape index (κ1) is 18.1. The van der Waals surface area contributed by atoms with Gasteiger partial charge in [0.15, 0.2) is 0 Å². The first-order valence-electron chi connectivity index (χ1n) is 9.14. The Morgan fingerprint density at radius 2 is 1.92 bits per heavy atom. The monoisotopic (exact) mass is 347 g/mol. The number of hydrogen-bond acceptors (Lipinski definition) is 2. The summed E-state index contributed by atoms with van der Waals surface area (Å²) in [5.74, 6) is 3.22. The third kappa shape index (κ3) is 4.46. The van der Waals surface area contributed by atoms with Crippen molar-refractivity contribution in [3.8, 4) is 12.3 Å². The molecule has 0 radical (unpaired) electrons. The van der Waals surface area contributed by atoms with Crippen LogP contribution in [0.1, 0.15) is 42.0 Å². The maximum atomic E-state index is 12.8. The Labute approximate surface area is 156 Å². The van der Waals surface area contributed by atoms with E-state index in [1.54, 1.807) is 0 Å². The van der Waals surface area contributed by atoms with Crippen molar-refractivity contribution in [2.24, 2.45) is 5.92 Å². The molecule has 2 atom stereocenters.